The molecule has 9 heteroatoms. The lowest BCUT2D eigenvalue weighted by Crippen LogP contribution is -2.43. The van der Waals surface area contributed by atoms with Crippen LogP contribution in [-0.2, 0) is 6.54 Å². The van der Waals surface area contributed by atoms with Gasteiger partial charge in [0.05, 0.1) is 37.5 Å². The van der Waals surface area contributed by atoms with Crippen LogP contribution in [0.25, 0.3) is 11.0 Å². The third-order valence-electron chi connectivity index (χ3n) is 8.58. The summed E-state index contributed by atoms with van der Waals surface area (Å²) in [6, 6.07) is 20.2. The molecule has 0 N–H and O–H groups in total. The van der Waals surface area contributed by atoms with Gasteiger partial charge in [-0.2, -0.15) is 0 Å². The van der Waals surface area contributed by atoms with Crippen LogP contribution in [0, 0.1) is 18.8 Å². The van der Waals surface area contributed by atoms with E-state index in [1.165, 1.54) is 5.56 Å². The maximum Gasteiger partial charge on any atom is 0.324 e. The fourth-order valence-electron chi connectivity index (χ4n) is 6.08. The summed E-state index contributed by atoms with van der Waals surface area (Å²) in [6.07, 6.45) is 3.79. The molecule has 0 saturated carbocycles. The average Bonchev–Trinajstić information content (AvgIpc) is 3.64. The van der Waals surface area contributed by atoms with Crippen molar-refractivity contribution in [2.45, 2.75) is 53.0 Å². The van der Waals surface area contributed by atoms with Crippen molar-refractivity contribution in [2.75, 3.05) is 45.4 Å². The first kappa shape index (κ1) is 32.5. The second-order valence-electron chi connectivity index (χ2n) is 12.2. The van der Waals surface area contributed by atoms with E-state index in [9.17, 15) is 4.79 Å². The van der Waals surface area contributed by atoms with Crippen molar-refractivity contribution in [3.63, 3.8) is 0 Å². The molecule has 45 heavy (non-hydrogen) atoms. The minimum atomic E-state index is -0.0127. The van der Waals surface area contributed by atoms with Crippen molar-refractivity contribution < 1.29 is 19.0 Å². The van der Waals surface area contributed by atoms with Gasteiger partial charge < -0.3 is 23.7 Å². The fourth-order valence-corrected chi connectivity index (χ4v) is 6.42. The lowest BCUT2D eigenvalue weighted by Gasteiger charge is -2.30. The van der Waals surface area contributed by atoms with Crippen LogP contribution in [0.2, 0.25) is 5.02 Å². The third kappa shape index (κ3) is 7.67. The number of urea groups is 1. The molecule has 1 aromatic heterocycles. The van der Waals surface area contributed by atoms with Crippen LogP contribution in [0.15, 0.2) is 60.7 Å². The van der Waals surface area contributed by atoms with Crippen LogP contribution < -0.4 is 19.1 Å². The number of ether oxygens (including phenoxy) is 3. The van der Waals surface area contributed by atoms with Crippen molar-refractivity contribution in [1.82, 2.24) is 14.5 Å². The number of hydrogen-bond acceptors (Lipinski definition) is 5. The number of imidazole rings is 1. The van der Waals surface area contributed by atoms with Gasteiger partial charge in [0.2, 0.25) is 0 Å². The number of carbonyl (C=O) groups excluding carboxylic acids is 1. The molecule has 1 unspecified atom stereocenters. The maximum atomic E-state index is 13.9. The van der Waals surface area contributed by atoms with Gasteiger partial charge in [-0.25, -0.2) is 9.78 Å². The zero-order valence-electron chi connectivity index (χ0n) is 27.1. The van der Waals surface area contributed by atoms with Crippen LogP contribution in [0.4, 0.5) is 10.5 Å². The zero-order chi connectivity index (χ0) is 31.9. The predicted molar refractivity (Wildman–Crippen MR) is 181 cm³/mol. The normalized spacial score (nSPS) is 14.7. The van der Waals surface area contributed by atoms with Crippen molar-refractivity contribution >= 4 is 34.4 Å². The standard InChI is InChI=1S/C36H45ClN4O4/c1-25(2)17-20-40(32-15-16-33(43-4)35(44-5)34(32)37)36(42)39-19-18-27(23-39)11-9-21-45-29-12-8-10-28(22-29)24-41-26(3)38-30-13-6-7-14-31(30)41/h6-8,10,12-16,22,25,27H,9,11,17-21,23-24H2,1-5H3. The van der Waals surface area contributed by atoms with Crippen LogP contribution >= 0.6 is 11.6 Å². The van der Waals surface area contributed by atoms with E-state index in [4.69, 9.17) is 30.8 Å². The van der Waals surface area contributed by atoms with Crippen molar-refractivity contribution in [3.05, 3.63) is 77.1 Å². The number of carbonyl (C=O) groups is 1. The highest BCUT2D eigenvalue weighted by Gasteiger charge is 2.31. The second kappa shape index (κ2) is 14.9. The van der Waals surface area contributed by atoms with Gasteiger partial charge in [-0.15, -0.1) is 0 Å². The number of anilines is 1. The summed E-state index contributed by atoms with van der Waals surface area (Å²) in [6.45, 7) is 9.80. The zero-order valence-corrected chi connectivity index (χ0v) is 27.8. The molecule has 8 nitrogen and oxygen atoms in total. The van der Waals surface area contributed by atoms with Crippen molar-refractivity contribution in [2.24, 2.45) is 11.8 Å². The van der Waals surface area contributed by atoms with E-state index >= 15 is 0 Å². The molecule has 1 aliphatic rings. The summed E-state index contributed by atoms with van der Waals surface area (Å²) >= 11 is 6.76. The molecule has 0 aliphatic carbocycles. The number of para-hydroxylation sites is 2. The van der Waals surface area contributed by atoms with Crippen LogP contribution in [0.1, 0.15) is 50.9 Å². The Balaban J connectivity index is 1.15. The quantitative estimate of drug-likeness (QED) is 0.139. The van der Waals surface area contributed by atoms with Gasteiger partial charge >= 0.3 is 6.03 Å². The minimum absolute atomic E-state index is 0.0127. The smallest absolute Gasteiger partial charge is 0.324 e. The summed E-state index contributed by atoms with van der Waals surface area (Å²) in [4.78, 5) is 22.3. The van der Waals surface area contributed by atoms with Gasteiger partial charge in [0.25, 0.3) is 0 Å². The maximum absolute atomic E-state index is 13.9. The first-order valence-electron chi connectivity index (χ1n) is 15.9. The lowest BCUT2D eigenvalue weighted by molar-refractivity contribution is 0.212. The van der Waals surface area contributed by atoms with E-state index in [0.717, 1.165) is 67.9 Å². The highest BCUT2D eigenvalue weighted by Crippen LogP contribution is 2.42. The van der Waals surface area contributed by atoms with E-state index in [-0.39, 0.29) is 6.03 Å². The molecule has 5 rings (SSSR count). The number of rotatable bonds is 13. The molecular weight excluding hydrogens is 588 g/mol. The summed E-state index contributed by atoms with van der Waals surface area (Å²) in [5, 5.41) is 0.388. The molecule has 1 atom stereocenters. The van der Waals surface area contributed by atoms with Gasteiger partial charge in [0.15, 0.2) is 11.5 Å². The average molecular weight is 633 g/mol. The Bertz CT molecular complexity index is 1600. The fraction of sp³-hybridized carbons (Fsp3) is 0.444. The Hall–Kier alpha value is -3.91. The molecule has 1 fully saturated rings. The monoisotopic (exact) mass is 632 g/mol. The number of methoxy groups -OCH3 is 2. The Labute approximate surface area is 271 Å². The predicted octanol–water partition coefficient (Wildman–Crippen LogP) is 8.22. The van der Waals surface area contributed by atoms with E-state index in [2.05, 4.69) is 54.8 Å². The van der Waals surface area contributed by atoms with Gasteiger partial charge in [-0.3, -0.25) is 4.90 Å². The van der Waals surface area contributed by atoms with Crippen molar-refractivity contribution in [1.29, 1.82) is 0 Å². The number of aryl methyl sites for hydroxylation is 1. The number of halogens is 1. The number of benzene rings is 3. The highest BCUT2D eigenvalue weighted by molar-refractivity contribution is 6.35. The van der Waals surface area contributed by atoms with Crippen LogP contribution in [0.5, 0.6) is 17.2 Å². The molecule has 1 aliphatic heterocycles. The SMILES string of the molecule is COc1ccc(N(CCC(C)C)C(=O)N2CCC(CCCOc3cccc(Cn4c(C)nc5ccccc54)c3)C2)c(Cl)c1OC. The van der Waals surface area contributed by atoms with Crippen LogP contribution in [-0.4, -0.2) is 60.9 Å². The molecule has 0 bridgehead atoms. The van der Waals surface area contributed by atoms with Crippen LogP contribution in [0.3, 0.4) is 0 Å². The lowest BCUT2D eigenvalue weighted by atomic mass is 10.0. The van der Waals surface area contributed by atoms with E-state index in [1.807, 2.05) is 30.0 Å². The summed E-state index contributed by atoms with van der Waals surface area (Å²) in [7, 11) is 3.14. The largest absolute Gasteiger partial charge is 0.494 e. The molecule has 2 amide bonds. The first-order valence-corrected chi connectivity index (χ1v) is 16.3. The number of aromatic nitrogens is 2. The van der Waals surface area contributed by atoms with Gasteiger partial charge in [-0.05, 0) is 86.4 Å². The number of fused-ring (bicyclic) bond motifs is 1. The van der Waals surface area contributed by atoms with Gasteiger partial charge in [0, 0.05) is 26.2 Å². The molecule has 0 radical (unpaired) electrons. The molecule has 3 aromatic carbocycles. The number of nitrogens with zero attached hydrogens (tertiary/aromatic N) is 4. The topological polar surface area (TPSA) is 69.1 Å². The summed E-state index contributed by atoms with van der Waals surface area (Å²) in [5.41, 5.74) is 3.98. The minimum Gasteiger partial charge on any atom is -0.494 e. The Kier molecular flexibility index (Phi) is 10.8. The molecule has 2 heterocycles. The second-order valence-corrected chi connectivity index (χ2v) is 12.6. The molecule has 240 valence electrons. The summed E-state index contributed by atoms with van der Waals surface area (Å²) < 4.78 is 19.3. The van der Waals surface area contributed by atoms with E-state index in [1.54, 1.807) is 25.2 Å². The van der Waals surface area contributed by atoms with Gasteiger partial charge in [-0.1, -0.05) is 49.7 Å². The van der Waals surface area contributed by atoms with E-state index < -0.39 is 0 Å². The molecule has 0 spiro atoms. The number of hydrogen-bond donors (Lipinski definition) is 0. The third-order valence-corrected chi connectivity index (χ3v) is 8.95. The Morgan fingerprint density at radius 2 is 1.91 bits per heavy atom. The highest BCUT2D eigenvalue weighted by atomic mass is 35.5. The molecule has 4 aromatic rings. The Morgan fingerprint density at radius 1 is 1.09 bits per heavy atom. The summed E-state index contributed by atoms with van der Waals surface area (Å²) in [5.74, 6) is 3.75. The Morgan fingerprint density at radius 3 is 2.69 bits per heavy atom. The molecular formula is C36H45ClN4O4. The van der Waals surface area contributed by atoms with Crippen molar-refractivity contribution in [3.8, 4) is 17.2 Å². The molecule has 1 saturated heterocycles. The van der Waals surface area contributed by atoms with Gasteiger partial charge in [0.1, 0.15) is 16.6 Å². The number of likely N-dealkylation sites (tertiary alicyclic amines) is 1. The first-order chi connectivity index (χ1) is 21.8. The van der Waals surface area contributed by atoms with E-state index in [0.29, 0.717) is 47.2 Å². The number of amides is 2.